The van der Waals surface area contributed by atoms with Gasteiger partial charge in [0, 0.05) is 6.61 Å². The molecule has 0 radical (unpaired) electrons. The zero-order valence-corrected chi connectivity index (χ0v) is 9.96. The average Bonchev–Trinajstić information content (AvgIpc) is 2.52. The van der Waals surface area contributed by atoms with E-state index in [-0.39, 0.29) is 5.91 Å². The lowest BCUT2D eigenvalue weighted by molar-refractivity contribution is -0.142. The van der Waals surface area contributed by atoms with Gasteiger partial charge in [-0.15, -0.1) is 0 Å². The summed E-state index contributed by atoms with van der Waals surface area (Å²) in [5.74, 6) is -0.133. The van der Waals surface area contributed by atoms with Crippen LogP contribution >= 0.6 is 0 Å². The predicted molar refractivity (Wildman–Crippen MR) is 57.5 cm³/mol. The first-order valence-corrected chi connectivity index (χ1v) is 5.42. The van der Waals surface area contributed by atoms with Gasteiger partial charge in [0.2, 0.25) is 0 Å². The van der Waals surface area contributed by atoms with Crippen molar-refractivity contribution in [3.63, 3.8) is 0 Å². The minimum Gasteiger partial charge on any atom is -0.391 e. The first-order chi connectivity index (χ1) is 6.78. The fourth-order valence-corrected chi connectivity index (χ4v) is 1.49. The minimum atomic E-state index is -0.716. The topological polar surface area (TPSA) is 58.6 Å². The van der Waals surface area contributed by atoms with Gasteiger partial charge in [-0.05, 0) is 40.5 Å². The average molecular weight is 215 g/mol. The quantitative estimate of drug-likeness (QED) is 0.733. The van der Waals surface area contributed by atoms with Gasteiger partial charge in [-0.2, -0.15) is 0 Å². The number of hydrogen-bond donors (Lipinski definition) is 2. The number of nitrogens with one attached hydrogen (secondary N) is 1. The van der Waals surface area contributed by atoms with Crippen LogP contribution in [0.1, 0.15) is 40.5 Å². The molecule has 4 heteroatoms. The normalized spacial score (nSPS) is 28.9. The molecule has 0 spiro atoms. The minimum absolute atomic E-state index is 0.133. The van der Waals surface area contributed by atoms with Crippen LogP contribution in [0.2, 0.25) is 0 Å². The maximum atomic E-state index is 11.9. The monoisotopic (exact) mass is 215 g/mol. The van der Waals surface area contributed by atoms with Crippen LogP contribution in [0.15, 0.2) is 0 Å². The molecule has 1 rings (SSSR count). The van der Waals surface area contributed by atoms with Gasteiger partial charge in [-0.1, -0.05) is 0 Å². The van der Waals surface area contributed by atoms with E-state index in [0.29, 0.717) is 6.61 Å². The highest BCUT2D eigenvalue weighted by atomic mass is 16.5. The van der Waals surface area contributed by atoms with Gasteiger partial charge in [0.1, 0.15) is 5.60 Å². The van der Waals surface area contributed by atoms with Gasteiger partial charge in [-0.3, -0.25) is 4.79 Å². The first kappa shape index (κ1) is 12.5. The smallest absolute Gasteiger partial charge is 0.252 e. The number of aliphatic hydroxyl groups is 1. The Kier molecular flexibility index (Phi) is 3.41. The molecule has 0 aliphatic carbocycles. The highest BCUT2D eigenvalue weighted by Gasteiger charge is 2.40. The van der Waals surface area contributed by atoms with Crippen LogP contribution < -0.4 is 5.32 Å². The molecule has 0 aromatic carbocycles. The lowest BCUT2D eigenvalue weighted by atomic mass is 9.95. The third-order valence-electron chi connectivity index (χ3n) is 3.18. The number of amides is 1. The van der Waals surface area contributed by atoms with Gasteiger partial charge in [0.25, 0.3) is 5.91 Å². The van der Waals surface area contributed by atoms with Crippen LogP contribution in [-0.2, 0) is 9.53 Å². The summed E-state index contributed by atoms with van der Waals surface area (Å²) in [7, 11) is 0. The Morgan fingerprint density at radius 1 is 1.60 bits per heavy atom. The molecule has 1 heterocycles. The van der Waals surface area contributed by atoms with E-state index in [0.717, 1.165) is 12.8 Å². The predicted octanol–water partition coefficient (Wildman–Crippen LogP) is 0.831. The van der Waals surface area contributed by atoms with E-state index >= 15 is 0 Å². The maximum absolute atomic E-state index is 11.9. The lowest BCUT2D eigenvalue weighted by Gasteiger charge is -2.33. The summed E-state index contributed by atoms with van der Waals surface area (Å²) in [5.41, 5.74) is -1.34. The van der Waals surface area contributed by atoms with Crippen molar-refractivity contribution in [2.45, 2.75) is 57.8 Å². The second-order valence-electron chi connectivity index (χ2n) is 5.03. The molecule has 88 valence electrons. The highest BCUT2D eigenvalue weighted by molar-refractivity contribution is 5.85. The summed E-state index contributed by atoms with van der Waals surface area (Å²) in [5, 5.41) is 12.3. The molecule has 2 atom stereocenters. The van der Waals surface area contributed by atoms with E-state index in [4.69, 9.17) is 4.74 Å². The SMILES string of the molecule is CC(O)C(C)(C)NC(=O)C1(C)CCCO1. The molecule has 0 aromatic heterocycles. The maximum Gasteiger partial charge on any atom is 0.252 e. The van der Waals surface area contributed by atoms with Gasteiger partial charge in [0.15, 0.2) is 0 Å². The van der Waals surface area contributed by atoms with Crippen LogP contribution in [0, 0.1) is 0 Å². The fraction of sp³-hybridized carbons (Fsp3) is 0.909. The largest absolute Gasteiger partial charge is 0.391 e. The lowest BCUT2D eigenvalue weighted by Crippen LogP contribution is -2.57. The highest BCUT2D eigenvalue weighted by Crippen LogP contribution is 2.26. The van der Waals surface area contributed by atoms with Crippen molar-refractivity contribution in [2.24, 2.45) is 0 Å². The summed E-state index contributed by atoms with van der Waals surface area (Å²) >= 11 is 0. The molecule has 0 bridgehead atoms. The second kappa shape index (κ2) is 4.10. The Bertz CT molecular complexity index is 242. The van der Waals surface area contributed by atoms with Gasteiger partial charge < -0.3 is 15.2 Å². The summed E-state index contributed by atoms with van der Waals surface area (Å²) in [6.07, 6.45) is 1.07. The van der Waals surface area contributed by atoms with Crippen LogP contribution in [0.4, 0.5) is 0 Å². The van der Waals surface area contributed by atoms with E-state index in [1.807, 2.05) is 0 Å². The van der Waals surface area contributed by atoms with Crippen molar-refractivity contribution in [1.29, 1.82) is 0 Å². The van der Waals surface area contributed by atoms with Crippen molar-refractivity contribution in [3.8, 4) is 0 Å². The van der Waals surface area contributed by atoms with Gasteiger partial charge in [0.05, 0.1) is 11.6 Å². The molecule has 2 unspecified atom stereocenters. The Labute approximate surface area is 91.0 Å². The number of hydrogen-bond acceptors (Lipinski definition) is 3. The zero-order chi connectivity index (χ0) is 11.7. The molecular formula is C11H21NO3. The molecule has 1 saturated heterocycles. The van der Waals surface area contributed by atoms with Crippen molar-refractivity contribution in [2.75, 3.05) is 6.61 Å². The van der Waals surface area contributed by atoms with E-state index in [9.17, 15) is 9.90 Å². The zero-order valence-electron chi connectivity index (χ0n) is 9.96. The number of aliphatic hydroxyl groups excluding tert-OH is 1. The summed E-state index contributed by atoms with van der Waals surface area (Å²) in [6, 6.07) is 0. The van der Waals surface area contributed by atoms with Gasteiger partial charge in [-0.25, -0.2) is 0 Å². The van der Waals surface area contributed by atoms with Crippen molar-refractivity contribution >= 4 is 5.91 Å². The molecule has 0 aromatic rings. The summed E-state index contributed by atoms with van der Waals surface area (Å²) < 4.78 is 5.43. The number of ether oxygens (including phenoxy) is 1. The molecule has 15 heavy (non-hydrogen) atoms. The Morgan fingerprint density at radius 2 is 2.20 bits per heavy atom. The fourth-order valence-electron chi connectivity index (χ4n) is 1.49. The van der Waals surface area contributed by atoms with E-state index in [1.165, 1.54) is 0 Å². The number of carbonyl (C=O) groups is 1. The van der Waals surface area contributed by atoms with Crippen molar-refractivity contribution in [3.05, 3.63) is 0 Å². The summed E-state index contributed by atoms with van der Waals surface area (Å²) in [6.45, 7) is 7.70. The molecule has 1 aliphatic heterocycles. The van der Waals surface area contributed by atoms with Crippen LogP contribution in [0.25, 0.3) is 0 Å². The van der Waals surface area contributed by atoms with E-state index in [1.54, 1.807) is 27.7 Å². The Balaban J connectivity index is 2.62. The molecule has 0 saturated carbocycles. The van der Waals surface area contributed by atoms with Crippen LogP contribution in [-0.4, -0.2) is 34.9 Å². The molecule has 1 amide bonds. The third kappa shape index (κ3) is 2.69. The Morgan fingerprint density at radius 3 is 2.60 bits per heavy atom. The summed E-state index contributed by atoms with van der Waals surface area (Å²) in [4.78, 5) is 11.9. The van der Waals surface area contributed by atoms with Crippen LogP contribution in [0.5, 0.6) is 0 Å². The van der Waals surface area contributed by atoms with E-state index < -0.39 is 17.2 Å². The number of carbonyl (C=O) groups excluding carboxylic acids is 1. The third-order valence-corrected chi connectivity index (χ3v) is 3.18. The van der Waals surface area contributed by atoms with Gasteiger partial charge >= 0.3 is 0 Å². The Hall–Kier alpha value is -0.610. The first-order valence-electron chi connectivity index (χ1n) is 5.42. The molecular weight excluding hydrogens is 194 g/mol. The molecule has 1 fully saturated rings. The second-order valence-corrected chi connectivity index (χ2v) is 5.03. The van der Waals surface area contributed by atoms with Crippen molar-refractivity contribution < 1.29 is 14.6 Å². The standard InChI is InChI=1S/C11H21NO3/c1-8(13)10(2,3)12-9(14)11(4)6-5-7-15-11/h8,13H,5-7H2,1-4H3,(H,12,14). The van der Waals surface area contributed by atoms with Crippen molar-refractivity contribution in [1.82, 2.24) is 5.32 Å². The van der Waals surface area contributed by atoms with Crippen LogP contribution in [0.3, 0.4) is 0 Å². The molecule has 4 nitrogen and oxygen atoms in total. The molecule has 1 aliphatic rings. The van der Waals surface area contributed by atoms with E-state index in [2.05, 4.69) is 5.32 Å². The molecule has 2 N–H and O–H groups in total. The number of rotatable bonds is 3.